The van der Waals surface area contributed by atoms with Crippen molar-refractivity contribution in [3.05, 3.63) is 29.3 Å². The molecule has 39 heavy (non-hydrogen) atoms. The minimum Gasteiger partial charge on any atom is -0.369 e. The molecule has 0 saturated carbocycles. The van der Waals surface area contributed by atoms with E-state index in [1.807, 2.05) is 12.1 Å². The Morgan fingerprint density at radius 2 is 1.74 bits per heavy atom. The lowest BCUT2D eigenvalue weighted by molar-refractivity contribution is -0.138. The molecular weight excluding hydrogens is 492 g/mol. The summed E-state index contributed by atoms with van der Waals surface area (Å²) in [4.78, 5) is 46.7. The van der Waals surface area contributed by atoms with Gasteiger partial charge in [0.15, 0.2) is 5.78 Å². The molecule has 1 aromatic rings. The van der Waals surface area contributed by atoms with Crippen molar-refractivity contribution in [2.24, 2.45) is 22.5 Å². The minimum atomic E-state index is -0.596. The molecule has 0 aliphatic carbocycles. The maximum Gasteiger partial charge on any atom is 0.249 e. The van der Waals surface area contributed by atoms with Crippen LogP contribution in [0.4, 0.5) is 5.69 Å². The number of hydrogen-bond donors (Lipinski definition) is 1. The lowest BCUT2D eigenvalue weighted by atomic mass is 9.78. The van der Waals surface area contributed by atoms with Gasteiger partial charge in [-0.1, -0.05) is 48.5 Å². The molecule has 2 N–H and O–H groups in total. The van der Waals surface area contributed by atoms with E-state index in [0.29, 0.717) is 24.1 Å². The summed E-state index contributed by atoms with van der Waals surface area (Å²) in [5.74, 6) is -1.24. The lowest BCUT2D eigenvalue weighted by Gasteiger charge is -2.37. The molecule has 3 aliphatic rings. The number of ketones is 1. The van der Waals surface area contributed by atoms with Gasteiger partial charge < -0.3 is 20.3 Å². The third-order valence-electron chi connectivity index (χ3n) is 8.65. The number of likely N-dealkylation sites (tertiary alicyclic amines) is 1. The van der Waals surface area contributed by atoms with Gasteiger partial charge in [-0.05, 0) is 54.0 Å². The number of Topliss-reactive ketones (excluding diaryl/α,β-unsaturated/α-hetero) is 1. The van der Waals surface area contributed by atoms with Crippen LogP contribution in [0.1, 0.15) is 83.1 Å². The molecule has 0 aromatic heterocycles. The number of amides is 2. The van der Waals surface area contributed by atoms with Gasteiger partial charge in [-0.2, -0.15) is 0 Å². The number of hydrogen-bond acceptors (Lipinski definition) is 6. The second kappa shape index (κ2) is 11.2. The molecule has 216 valence electrons. The van der Waals surface area contributed by atoms with Crippen LogP contribution in [0.3, 0.4) is 0 Å². The smallest absolute Gasteiger partial charge is 0.249 e. The molecule has 8 nitrogen and oxygen atoms in total. The molecule has 1 aromatic carbocycles. The predicted octanol–water partition coefficient (Wildman–Crippen LogP) is 3.68. The van der Waals surface area contributed by atoms with Crippen LogP contribution in [0.25, 0.3) is 0 Å². The maximum atomic E-state index is 14.5. The van der Waals surface area contributed by atoms with Crippen molar-refractivity contribution >= 4 is 23.3 Å². The Hall–Kier alpha value is -2.45. The third-order valence-corrected chi connectivity index (χ3v) is 8.65. The quantitative estimate of drug-likeness (QED) is 0.567. The highest BCUT2D eigenvalue weighted by Gasteiger charge is 2.56. The first-order valence-electron chi connectivity index (χ1n) is 14.6. The van der Waals surface area contributed by atoms with Crippen LogP contribution >= 0.6 is 0 Å². The summed E-state index contributed by atoms with van der Waals surface area (Å²) in [6.45, 7) is 20.3. The highest BCUT2D eigenvalue weighted by atomic mass is 16.5. The van der Waals surface area contributed by atoms with Gasteiger partial charge in [0.25, 0.3) is 0 Å². The molecule has 8 heteroatoms. The summed E-state index contributed by atoms with van der Waals surface area (Å²) in [5, 5.41) is 0. The van der Waals surface area contributed by atoms with E-state index in [4.69, 9.17) is 10.5 Å². The Labute approximate surface area is 234 Å². The number of anilines is 1. The van der Waals surface area contributed by atoms with Crippen LogP contribution in [0.5, 0.6) is 0 Å². The fourth-order valence-corrected chi connectivity index (χ4v) is 6.60. The summed E-state index contributed by atoms with van der Waals surface area (Å²) in [6, 6.07) is 5.17. The third kappa shape index (κ3) is 6.32. The van der Waals surface area contributed by atoms with Gasteiger partial charge in [0.05, 0.1) is 12.0 Å². The number of fused-ring (bicyclic) bond motifs is 1. The van der Waals surface area contributed by atoms with Gasteiger partial charge in [0, 0.05) is 49.9 Å². The number of primary amides is 1. The molecule has 3 fully saturated rings. The van der Waals surface area contributed by atoms with Crippen molar-refractivity contribution in [3.8, 4) is 0 Å². The number of nitrogens with zero attached hydrogens (tertiary/aromatic N) is 3. The van der Waals surface area contributed by atoms with E-state index in [1.54, 1.807) is 11.0 Å². The molecule has 0 radical (unpaired) electrons. The van der Waals surface area contributed by atoms with E-state index < -0.39 is 17.9 Å². The highest BCUT2D eigenvalue weighted by molar-refractivity contribution is 5.99. The number of piperazine rings is 1. The second-order valence-corrected chi connectivity index (χ2v) is 13.9. The summed E-state index contributed by atoms with van der Waals surface area (Å²) in [6.07, 6.45) is 1.37. The van der Waals surface area contributed by atoms with Crippen LogP contribution < -0.4 is 10.6 Å². The van der Waals surface area contributed by atoms with Crippen molar-refractivity contribution < 1.29 is 19.1 Å². The van der Waals surface area contributed by atoms with Gasteiger partial charge >= 0.3 is 0 Å². The Kier molecular flexibility index (Phi) is 8.48. The first-order valence-corrected chi connectivity index (χ1v) is 14.6. The molecule has 0 spiro atoms. The Balaban J connectivity index is 1.72. The molecule has 3 heterocycles. The van der Waals surface area contributed by atoms with Gasteiger partial charge in [-0.3, -0.25) is 19.3 Å². The molecule has 4 rings (SSSR count). The Morgan fingerprint density at radius 1 is 1.08 bits per heavy atom. The van der Waals surface area contributed by atoms with E-state index in [2.05, 4.69) is 58.3 Å². The fourth-order valence-electron chi connectivity index (χ4n) is 6.60. The number of ether oxygens (including phenoxy) is 1. The van der Waals surface area contributed by atoms with E-state index in [-0.39, 0.29) is 41.1 Å². The standard InChI is InChI=1S/C31H48N4O4/c1-8-11-33-12-14-34(15-13-33)20-9-10-21(28(32)37)22(16-20)23(17-30(2,3)4)29(38)35-18-24(31(5,6)7)27-26(35)25(36)19-39-27/h9-10,16,23-24,26-27H,8,11-15,17-19H2,1-7H3,(H2,32,37)/t23-,24+,26+,27+/m0/s1. The average molecular weight is 541 g/mol. The van der Waals surface area contributed by atoms with E-state index in [1.165, 1.54) is 0 Å². The van der Waals surface area contributed by atoms with Crippen LogP contribution in [0.2, 0.25) is 0 Å². The largest absolute Gasteiger partial charge is 0.369 e. The maximum absolute atomic E-state index is 14.5. The Morgan fingerprint density at radius 3 is 2.31 bits per heavy atom. The van der Waals surface area contributed by atoms with E-state index in [0.717, 1.165) is 44.8 Å². The normalized spacial score (nSPS) is 25.2. The minimum absolute atomic E-state index is 0.0385. The second-order valence-electron chi connectivity index (χ2n) is 13.9. The van der Waals surface area contributed by atoms with Crippen molar-refractivity contribution in [2.45, 2.75) is 79.4 Å². The number of benzene rings is 1. The van der Waals surface area contributed by atoms with Gasteiger partial charge in [0.2, 0.25) is 11.8 Å². The SMILES string of the molecule is CCCN1CCN(c2ccc(C(N)=O)c([C@H](CC(C)(C)C)C(=O)N3C[C@@H](C(C)(C)C)[C@H]4OCC(=O)[C@H]43)c2)CC1. The highest BCUT2D eigenvalue weighted by Crippen LogP contribution is 2.44. The number of carbonyl (C=O) groups excluding carboxylic acids is 3. The van der Waals surface area contributed by atoms with Crippen molar-refractivity contribution in [1.82, 2.24) is 9.80 Å². The summed E-state index contributed by atoms with van der Waals surface area (Å²) < 4.78 is 5.95. The Bertz CT molecular complexity index is 1080. The number of rotatable bonds is 7. The van der Waals surface area contributed by atoms with Crippen molar-refractivity contribution in [3.63, 3.8) is 0 Å². The summed E-state index contributed by atoms with van der Waals surface area (Å²) in [5.41, 5.74) is 7.60. The number of carbonyl (C=O) groups is 3. The van der Waals surface area contributed by atoms with Crippen LogP contribution in [-0.4, -0.2) is 85.4 Å². The predicted molar refractivity (Wildman–Crippen MR) is 154 cm³/mol. The number of nitrogens with two attached hydrogens (primary N) is 1. The fraction of sp³-hybridized carbons (Fsp3) is 0.710. The monoisotopic (exact) mass is 540 g/mol. The molecule has 0 bridgehead atoms. The van der Waals surface area contributed by atoms with Crippen LogP contribution in [-0.2, 0) is 14.3 Å². The zero-order chi connectivity index (χ0) is 28.7. The summed E-state index contributed by atoms with van der Waals surface area (Å²) >= 11 is 0. The molecule has 3 saturated heterocycles. The first kappa shape index (κ1) is 29.5. The molecular formula is C31H48N4O4. The van der Waals surface area contributed by atoms with Gasteiger partial charge in [-0.15, -0.1) is 0 Å². The zero-order valence-electron chi connectivity index (χ0n) is 25.0. The molecule has 3 aliphatic heterocycles. The van der Waals surface area contributed by atoms with E-state index in [9.17, 15) is 14.4 Å². The summed E-state index contributed by atoms with van der Waals surface area (Å²) in [7, 11) is 0. The van der Waals surface area contributed by atoms with E-state index >= 15 is 0 Å². The topological polar surface area (TPSA) is 96.2 Å². The molecule has 0 unspecified atom stereocenters. The molecule has 2 amide bonds. The van der Waals surface area contributed by atoms with Crippen LogP contribution in [0.15, 0.2) is 18.2 Å². The van der Waals surface area contributed by atoms with Crippen molar-refractivity contribution in [2.75, 3.05) is 50.8 Å². The first-order chi connectivity index (χ1) is 18.2. The molecule has 4 atom stereocenters. The van der Waals surface area contributed by atoms with Gasteiger partial charge in [0.1, 0.15) is 12.6 Å². The van der Waals surface area contributed by atoms with Crippen molar-refractivity contribution in [1.29, 1.82) is 0 Å². The van der Waals surface area contributed by atoms with Gasteiger partial charge in [-0.25, -0.2) is 0 Å². The zero-order valence-corrected chi connectivity index (χ0v) is 25.0. The average Bonchev–Trinajstić information content (AvgIpc) is 3.42. The van der Waals surface area contributed by atoms with Crippen LogP contribution in [0, 0.1) is 16.7 Å². The lowest BCUT2D eigenvalue weighted by Crippen LogP contribution is -2.46.